The monoisotopic (exact) mass is 384 g/mol. The normalized spacial score (nSPS) is 16.7. The van der Waals surface area contributed by atoms with Gasteiger partial charge in [0.25, 0.3) is 5.91 Å². The number of hydrogen-bond acceptors (Lipinski definition) is 4. The van der Waals surface area contributed by atoms with E-state index in [0.29, 0.717) is 5.76 Å². The molecule has 0 spiro atoms. The summed E-state index contributed by atoms with van der Waals surface area (Å²) in [4.78, 5) is 12.8. The summed E-state index contributed by atoms with van der Waals surface area (Å²) in [5.74, 6) is 0.802. The molecule has 0 unspecified atom stereocenters. The fourth-order valence-electron chi connectivity index (χ4n) is 3.46. The van der Waals surface area contributed by atoms with Gasteiger partial charge in [0.1, 0.15) is 5.76 Å². The highest BCUT2D eigenvalue weighted by Crippen LogP contribution is 2.39. The van der Waals surface area contributed by atoms with Gasteiger partial charge in [-0.3, -0.25) is 10.2 Å². The van der Waals surface area contributed by atoms with Crippen LogP contribution in [0.5, 0.6) is 0 Å². The summed E-state index contributed by atoms with van der Waals surface area (Å²) in [5, 5.41) is 7.37. The standard InChI is InChI=1S/C20H24N4O2S/c1-11-6-5-7-13(8-11)22-18(25)17-12(2)16-14(23-24-19(21)27)9-20(3,4)10-15(16)26-17/h5-8H,9-10H2,1-4H3,(H,22,25)(H3,21,24,27)/b23-14-. The van der Waals surface area contributed by atoms with E-state index in [2.05, 4.69) is 29.7 Å². The lowest BCUT2D eigenvalue weighted by Gasteiger charge is -2.29. The van der Waals surface area contributed by atoms with Gasteiger partial charge in [0.2, 0.25) is 0 Å². The number of fused-ring (bicyclic) bond motifs is 1. The lowest BCUT2D eigenvalue weighted by molar-refractivity contribution is 0.0993. The van der Waals surface area contributed by atoms with E-state index >= 15 is 0 Å². The Labute approximate surface area is 164 Å². The van der Waals surface area contributed by atoms with Crippen molar-refractivity contribution in [2.45, 2.75) is 40.5 Å². The van der Waals surface area contributed by atoms with Crippen molar-refractivity contribution in [3.8, 4) is 0 Å². The molecule has 0 saturated carbocycles. The van der Waals surface area contributed by atoms with E-state index in [1.165, 1.54) is 0 Å². The number of aryl methyl sites for hydroxylation is 1. The first-order chi connectivity index (χ1) is 12.7. The van der Waals surface area contributed by atoms with Crippen LogP contribution in [0.1, 0.15) is 53.3 Å². The zero-order chi connectivity index (χ0) is 19.8. The molecule has 2 aromatic rings. The molecular formula is C20H24N4O2S. The number of carbonyl (C=O) groups excluding carboxylic acids is 1. The third-order valence-electron chi connectivity index (χ3n) is 4.58. The maximum atomic E-state index is 12.8. The fourth-order valence-corrected chi connectivity index (χ4v) is 3.51. The summed E-state index contributed by atoms with van der Waals surface area (Å²) in [5.41, 5.74) is 12.4. The van der Waals surface area contributed by atoms with Gasteiger partial charge in [0.05, 0.1) is 5.71 Å². The molecule has 6 nitrogen and oxygen atoms in total. The van der Waals surface area contributed by atoms with E-state index < -0.39 is 0 Å². The van der Waals surface area contributed by atoms with Crippen molar-refractivity contribution in [2.24, 2.45) is 16.3 Å². The van der Waals surface area contributed by atoms with Crippen LogP contribution in [-0.2, 0) is 6.42 Å². The number of amides is 1. The molecule has 1 heterocycles. The third-order valence-corrected chi connectivity index (χ3v) is 4.67. The molecule has 0 saturated heterocycles. The Hall–Kier alpha value is -2.67. The number of anilines is 1. The van der Waals surface area contributed by atoms with Gasteiger partial charge in [0, 0.05) is 23.2 Å². The smallest absolute Gasteiger partial charge is 0.291 e. The summed E-state index contributed by atoms with van der Waals surface area (Å²) in [6.07, 6.45) is 1.46. The van der Waals surface area contributed by atoms with Gasteiger partial charge in [-0.25, -0.2) is 0 Å². The average molecular weight is 385 g/mol. The molecule has 1 aromatic carbocycles. The molecule has 1 aromatic heterocycles. The molecule has 7 heteroatoms. The first-order valence-electron chi connectivity index (χ1n) is 8.79. The number of benzene rings is 1. The van der Waals surface area contributed by atoms with E-state index in [4.69, 9.17) is 22.4 Å². The zero-order valence-corrected chi connectivity index (χ0v) is 16.8. The van der Waals surface area contributed by atoms with E-state index in [-0.39, 0.29) is 16.4 Å². The Balaban J connectivity index is 1.97. The quantitative estimate of drug-likeness (QED) is 0.555. The van der Waals surface area contributed by atoms with Crippen LogP contribution in [0.4, 0.5) is 5.69 Å². The minimum absolute atomic E-state index is 0.0433. The summed E-state index contributed by atoms with van der Waals surface area (Å²) in [7, 11) is 0. The molecule has 0 radical (unpaired) electrons. The van der Waals surface area contributed by atoms with Crippen molar-refractivity contribution in [1.29, 1.82) is 0 Å². The van der Waals surface area contributed by atoms with E-state index in [1.807, 2.05) is 38.1 Å². The van der Waals surface area contributed by atoms with E-state index in [0.717, 1.165) is 46.7 Å². The predicted octanol–water partition coefficient (Wildman–Crippen LogP) is 3.66. The molecule has 1 aliphatic carbocycles. The van der Waals surface area contributed by atoms with Gasteiger partial charge >= 0.3 is 0 Å². The molecule has 0 bridgehead atoms. The summed E-state index contributed by atoms with van der Waals surface area (Å²) in [6.45, 7) is 8.13. The van der Waals surface area contributed by atoms with Gasteiger partial charge in [-0.05, 0) is 55.6 Å². The Morgan fingerprint density at radius 2 is 2.04 bits per heavy atom. The maximum absolute atomic E-state index is 12.8. The minimum Gasteiger partial charge on any atom is -0.455 e. The largest absolute Gasteiger partial charge is 0.455 e. The van der Waals surface area contributed by atoms with Crippen LogP contribution >= 0.6 is 12.2 Å². The molecule has 1 aliphatic rings. The highest BCUT2D eigenvalue weighted by Gasteiger charge is 2.36. The van der Waals surface area contributed by atoms with Gasteiger partial charge < -0.3 is 15.5 Å². The number of hydrogen-bond donors (Lipinski definition) is 3. The fraction of sp³-hybridized carbons (Fsp3) is 0.350. The highest BCUT2D eigenvalue weighted by molar-refractivity contribution is 7.80. The van der Waals surface area contributed by atoms with Crippen molar-refractivity contribution in [3.05, 3.63) is 52.5 Å². The Morgan fingerprint density at radius 1 is 1.30 bits per heavy atom. The molecule has 0 aliphatic heterocycles. The van der Waals surface area contributed by atoms with Crippen molar-refractivity contribution in [1.82, 2.24) is 5.43 Å². The number of thiocarbonyl (C=S) groups is 1. The van der Waals surface area contributed by atoms with Crippen LogP contribution in [0, 0.1) is 19.3 Å². The van der Waals surface area contributed by atoms with Crippen LogP contribution in [0.15, 0.2) is 33.8 Å². The maximum Gasteiger partial charge on any atom is 0.291 e. The van der Waals surface area contributed by atoms with Crippen molar-refractivity contribution in [2.75, 3.05) is 5.32 Å². The highest BCUT2D eigenvalue weighted by atomic mass is 32.1. The van der Waals surface area contributed by atoms with Crippen molar-refractivity contribution < 1.29 is 9.21 Å². The first kappa shape index (κ1) is 19.1. The number of nitrogens with zero attached hydrogens (tertiary/aromatic N) is 1. The topological polar surface area (TPSA) is 92.6 Å². The van der Waals surface area contributed by atoms with Crippen LogP contribution < -0.4 is 16.5 Å². The molecule has 27 heavy (non-hydrogen) atoms. The molecular weight excluding hydrogens is 360 g/mol. The summed E-state index contributed by atoms with van der Waals surface area (Å²) < 4.78 is 5.99. The summed E-state index contributed by atoms with van der Waals surface area (Å²) in [6, 6.07) is 7.65. The van der Waals surface area contributed by atoms with Crippen LogP contribution in [-0.4, -0.2) is 16.7 Å². The molecule has 142 valence electrons. The predicted molar refractivity (Wildman–Crippen MR) is 111 cm³/mol. The second-order valence-corrected chi connectivity index (χ2v) is 8.17. The Bertz CT molecular complexity index is 943. The summed E-state index contributed by atoms with van der Waals surface area (Å²) >= 11 is 4.85. The number of nitrogens with two attached hydrogens (primary N) is 1. The lowest BCUT2D eigenvalue weighted by atomic mass is 9.75. The van der Waals surface area contributed by atoms with E-state index in [9.17, 15) is 4.79 Å². The van der Waals surface area contributed by atoms with Crippen LogP contribution in [0.25, 0.3) is 0 Å². The van der Waals surface area contributed by atoms with Gasteiger partial charge in [-0.1, -0.05) is 26.0 Å². The molecule has 0 fully saturated rings. The number of furan rings is 1. The second-order valence-electron chi connectivity index (χ2n) is 7.73. The van der Waals surface area contributed by atoms with Gasteiger partial charge in [-0.2, -0.15) is 5.10 Å². The van der Waals surface area contributed by atoms with Gasteiger partial charge in [0.15, 0.2) is 10.9 Å². The molecule has 1 amide bonds. The zero-order valence-electron chi connectivity index (χ0n) is 16.0. The lowest BCUT2D eigenvalue weighted by Crippen LogP contribution is -2.31. The first-order valence-corrected chi connectivity index (χ1v) is 9.20. The minimum atomic E-state index is -0.271. The van der Waals surface area contributed by atoms with E-state index in [1.54, 1.807) is 0 Å². The molecule has 0 atom stereocenters. The number of nitrogens with one attached hydrogen (secondary N) is 2. The second kappa shape index (κ2) is 7.15. The third kappa shape index (κ3) is 4.19. The Morgan fingerprint density at radius 3 is 2.70 bits per heavy atom. The van der Waals surface area contributed by atoms with Crippen LogP contribution in [0.3, 0.4) is 0 Å². The van der Waals surface area contributed by atoms with Crippen LogP contribution in [0.2, 0.25) is 0 Å². The van der Waals surface area contributed by atoms with Crippen molar-refractivity contribution >= 4 is 34.6 Å². The number of carbonyl (C=O) groups is 1. The molecule has 3 rings (SSSR count). The van der Waals surface area contributed by atoms with Gasteiger partial charge in [-0.15, -0.1) is 0 Å². The number of rotatable bonds is 3. The Kier molecular flexibility index (Phi) is 5.06. The molecule has 4 N–H and O–H groups in total. The average Bonchev–Trinajstić information content (AvgIpc) is 2.88. The number of hydrazone groups is 1. The SMILES string of the molecule is Cc1cccc(NC(=O)c2oc3c(c2C)/C(=N\NC(N)=S)CC(C)(C)C3)c1. The van der Waals surface area contributed by atoms with Crippen molar-refractivity contribution in [3.63, 3.8) is 0 Å².